The van der Waals surface area contributed by atoms with Crippen LogP contribution in [0.1, 0.15) is 30.5 Å². The molecule has 1 heterocycles. The molecular formula is C23H23F3NO3P. The molecule has 0 amide bonds. The van der Waals surface area contributed by atoms with Gasteiger partial charge in [0.2, 0.25) is 0 Å². The van der Waals surface area contributed by atoms with Crippen LogP contribution in [0.15, 0.2) is 66.7 Å². The Morgan fingerprint density at radius 2 is 1.48 bits per heavy atom. The Morgan fingerprint density at radius 3 is 2.10 bits per heavy atom. The number of hydrogen-bond donors (Lipinski definition) is 2. The molecule has 31 heavy (non-hydrogen) atoms. The van der Waals surface area contributed by atoms with Gasteiger partial charge in [-0.25, -0.2) is 0 Å². The number of alkyl halides is 3. The van der Waals surface area contributed by atoms with E-state index >= 15 is 0 Å². The number of pyridine rings is 1. The molecule has 0 atom stereocenters. The highest BCUT2D eigenvalue weighted by Crippen LogP contribution is 2.36. The van der Waals surface area contributed by atoms with E-state index in [1.807, 2.05) is 42.5 Å². The Balaban J connectivity index is 1.84. The predicted molar refractivity (Wildman–Crippen MR) is 115 cm³/mol. The van der Waals surface area contributed by atoms with Crippen LogP contribution >= 0.6 is 7.60 Å². The average molecular weight is 449 g/mol. The summed E-state index contributed by atoms with van der Waals surface area (Å²) < 4.78 is 49.6. The molecule has 164 valence electrons. The van der Waals surface area contributed by atoms with E-state index in [2.05, 4.69) is 0 Å². The van der Waals surface area contributed by atoms with Gasteiger partial charge in [-0.2, -0.15) is 13.2 Å². The zero-order valence-electron chi connectivity index (χ0n) is 16.7. The second-order valence-corrected chi connectivity index (χ2v) is 9.12. The maximum atomic E-state index is 12.9. The van der Waals surface area contributed by atoms with E-state index in [9.17, 15) is 17.7 Å². The molecule has 0 aliphatic heterocycles. The van der Waals surface area contributed by atoms with Crippen molar-refractivity contribution < 1.29 is 27.5 Å². The van der Waals surface area contributed by atoms with Gasteiger partial charge >= 0.3 is 13.8 Å². The van der Waals surface area contributed by atoms with Gasteiger partial charge in [-0.1, -0.05) is 55.0 Å². The standard InChI is InChI=1S/C23H23F3NO3P/c24-23(25,26)19-12-10-17(11-13-19)21-15-14-20(9-5-2-6-16-31(28,29)30)27-22(21)18-7-3-1-4-8-18/h1,3-4,7-8,10-15H,2,5-6,9,16H2,(H2,28,29,30). The number of benzene rings is 2. The predicted octanol–water partition coefficient (Wildman–Crippen LogP) is 6.32. The average Bonchev–Trinajstić information content (AvgIpc) is 2.73. The van der Waals surface area contributed by atoms with Gasteiger partial charge < -0.3 is 9.79 Å². The molecule has 2 aromatic carbocycles. The van der Waals surface area contributed by atoms with Crippen molar-refractivity contribution in [1.82, 2.24) is 4.98 Å². The van der Waals surface area contributed by atoms with Crippen molar-refractivity contribution in [2.45, 2.75) is 31.9 Å². The molecule has 1 aromatic heterocycles. The monoisotopic (exact) mass is 449 g/mol. The van der Waals surface area contributed by atoms with Crippen molar-refractivity contribution in [2.75, 3.05) is 6.16 Å². The number of hydrogen-bond acceptors (Lipinski definition) is 2. The second-order valence-electron chi connectivity index (χ2n) is 7.34. The first-order valence-corrected chi connectivity index (χ1v) is 11.7. The van der Waals surface area contributed by atoms with Crippen LogP contribution in [0.25, 0.3) is 22.4 Å². The molecule has 0 unspecified atom stereocenters. The first-order chi connectivity index (χ1) is 14.6. The Bertz CT molecular complexity index is 1050. The zero-order chi connectivity index (χ0) is 22.5. The molecule has 0 spiro atoms. The maximum absolute atomic E-state index is 12.9. The molecule has 0 fully saturated rings. The van der Waals surface area contributed by atoms with Crippen LogP contribution in [0.2, 0.25) is 0 Å². The summed E-state index contributed by atoms with van der Waals surface area (Å²) in [6, 6.07) is 18.2. The van der Waals surface area contributed by atoms with E-state index in [0.717, 1.165) is 35.4 Å². The first-order valence-electron chi connectivity index (χ1n) is 9.91. The van der Waals surface area contributed by atoms with Gasteiger partial charge in [0.1, 0.15) is 0 Å². The lowest BCUT2D eigenvalue weighted by Gasteiger charge is -2.13. The first kappa shape index (κ1) is 23.2. The van der Waals surface area contributed by atoms with E-state index in [0.29, 0.717) is 30.5 Å². The molecule has 3 aromatic rings. The topological polar surface area (TPSA) is 70.4 Å². The van der Waals surface area contributed by atoms with Gasteiger partial charge in [-0.05, 0) is 43.0 Å². The molecule has 8 heteroatoms. The SMILES string of the molecule is O=P(O)(O)CCCCCc1ccc(-c2ccc(C(F)(F)F)cc2)c(-c2ccccc2)n1. The van der Waals surface area contributed by atoms with E-state index in [1.165, 1.54) is 12.1 Å². The Morgan fingerprint density at radius 1 is 0.806 bits per heavy atom. The Hall–Kier alpha value is -2.47. The summed E-state index contributed by atoms with van der Waals surface area (Å²) in [6.07, 6.45) is -2.01. The summed E-state index contributed by atoms with van der Waals surface area (Å²) in [5, 5.41) is 0. The molecule has 2 N–H and O–H groups in total. The lowest BCUT2D eigenvalue weighted by molar-refractivity contribution is -0.137. The minimum Gasteiger partial charge on any atom is -0.324 e. The molecule has 0 bridgehead atoms. The summed E-state index contributed by atoms with van der Waals surface area (Å²) in [5.41, 5.74) is 3.06. The van der Waals surface area contributed by atoms with Crippen molar-refractivity contribution in [2.24, 2.45) is 0 Å². The highest BCUT2D eigenvalue weighted by molar-refractivity contribution is 7.51. The van der Waals surface area contributed by atoms with Crippen molar-refractivity contribution in [3.05, 3.63) is 78.0 Å². The number of nitrogens with zero attached hydrogens (tertiary/aromatic N) is 1. The Kier molecular flexibility index (Phi) is 7.31. The molecule has 0 aliphatic carbocycles. The lowest BCUT2D eigenvalue weighted by Crippen LogP contribution is -2.04. The maximum Gasteiger partial charge on any atom is 0.416 e. The van der Waals surface area contributed by atoms with Crippen LogP contribution in [0.5, 0.6) is 0 Å². The highest BCUT2D eigenvalue weighted by Gasteiger charge is 2.30. The van der Waals surface area contributed by atoms with Crippen molar-refractivity contribution >= 4 is 7.60 Å². The van der Waals surface area contributed by atoms with E-state index < -0.39 is 19.3 Å². The number of unbranched alkanes of at least 4 members (excludes halogenated alkanes) is 2. The largest absolute Gasteiger partial charge is 0.416 e. The molecule has 0 saturated carbocycles. The van der Waals surface area contributed by atoms with Gasteiger partial charge in [-0.15, -0.1) is 0 Å². The van der Waals surface area contributed by atoms with Crippen molar-refractivity contribution in [1.29, 1.82) is 0 Å². The third kappa shape index (κ3) is 6.76. The van der Waals surface area contributed by atoms with E-state index in [-0.39, 0.29) is 6.16 Å². The molecule has 0 saturated heterocycles. The van der Waals surface area contributed by atoms with E-state index in [1.54, 1.807) is 0 Å². The zero-order valence-corrected chi connectivity index (χ0v) is 17.6. The van der Waals surface area contributed by atoms with Crippen LogP contribution in [-0.2, 0) is 17.2 Å². The van der Waals surface area contributed by atoms with Crippen molar-refractivity contribution in [3.63, 3.8) is 0 Å². The minimum atomic E-state index is -4.39. The van der Waals surface area contributed by atoms with Gasteiger partial charge in [-0.3, -0.25) is 9.55 Å². The quantitative estimate of drug-likeness (QED) is 0.312. The molecule has 0 aliphatic rings. The fourth-order valence-electron chi connectivity index (χ4n) is 3.33. The summed E-state index contributed by atoms with van der Waals surface area (Å²) >= 11 is 0. The Labute approximate surface area is 179 Å². The third-order valence-corrected chi connectivity index (χ3v) is 5.80. The fourth-order valence-corrected chi connectivity index (χ4v) is 3.96. The van der Waals surface area contributed by atoms with Gasteiger partial charge in [0.15, 0.2) is 0 Å². The van der Waals surface area contributed by atoms with Crippen molar-refractivity contribution in [3.8, 4) is 22.4 Å². The van der Waals surface area contributed by atoms with Gasteiger partial charge in [0, 0.05) is 23.0 Å². The van der Waals surface area contributed by atoms with Crippen LogP contribution in [0.3, 0.4) is 0 Å². The third-order valence-electron chi connectivity index (χ3n) is 4.91. The smallest absolute Gasteiger partial charge is 0.324 e. The summed E-state index contributed by atoms with van der Waals surface area (Å²) in [5.74, 6) is 0. The number of rotatable bonds is 8. The minimum absolute atomic E-state index is 0.122. The number of aryl methyl sites for hydroxylation is 1. The number of aromatic nitrogens is 1. The number of halogens is 3. The molecule has 3 rings (SSSR count). The van der Waals surface area contributed by atoms with Crippen LogP contribution in [0.4, 0.5) is 13.2 Å². The van der Waals surface area contributed by atoms with Crippen LogP contribution in [0, 0.1) is 0 Å². The molecule has 4 nitrogen and oxygen atoms in total. The second kappa shape index (κ2) is 9.77. The summed E-state index contributed by atoms with van der Waals surface area (Å²) in [6.45, 7) is 0. The van der Waals surface area contributed by atoms with E-state index in [4.69, 9.17) is 14.8 Å². The lowest BCUT2D eigenvalue weighted by atomic mass is 9.97. The normalized spacial score (nSPS) is 12.2. The summed E-state index contributed by atoms with van der Waals surface area (Å²) in [4.78, 5) is 22.6. The highest BCUT2D eigenvalue weighted by atomic mass is 31.2. The van der Waals surface area contributed by atoms with Crippen LogP contribution in [-0.4, -0.2) is 20.9 Å². The van der Waals surface area contributed by atoms with Gasteiger partial charge in [0.05, 0.1) is 11.3 Å². The summed E-state index contributed by atoms with van der Waals surface area (Å²) in [7, 11) is -3.97. The molecular weight excluding hydrogens is 426 g/mol. The molecule has 0 radical (unpaired) electrons. The van der Waals surface area contributed by atoms with Crippen LogP contribution < -0.4 is 0 Å². The van der Waals surface area contributed by atoms with Gasteiger partial charge in [0.25, 0.3) is 0 Å². The fraction of sp³-hybridized carbons (Fsp3) is 0.261.